The fraction of sp³-hybridized carbons (Fsp3) is 0.273. The third kappa shape index (κ3) is 4.10. The topological polar surface area (TPSA) is 81.4 Å². The summed E-state index contributed by atoms with van der Waals surface area (Å²) in [7, 11) is 0. The molecule has 0 radical (unpaired) electrons. The lowest BCUT2D eigenvalue weighted by molar-refractivity contribution is -0.124. The van der Waals surface area contributed by atoms with Crippen molar-refractivity contribution < 1.29 is 18.7 Å². The number of hydrogen-bond donors (Lipinski definition) is 2. The average molecular weight is 240 g/mol. The third-order valence-corrected chi connectivity index (χ3v) is 1.86. The summed E-state index contributed by atoms with van der Waals surface area (Å²) >= 11 is 0. The first-order valence-electron chi connectivity index (χ1n) is 5.02. The Hall–Kier alpha value is -2.11. The van der Waals surface area contributed by atoms with Gasteiger partial charge in [-0.15, -0.1) is 0 Å². The van der Waals surface area contributed by atoms with Gasteiger partial charge in [0.15, 0.2) is 6.61 Å². The molecule has 0 spiro atoms. The zero-order chi connectivity index (χ0) is 12.8. The number of ether oxygens (including phenoxy) is 1. The van der Waals surface area contributed by atoms with Crippen LogP contribution in [0.5, 0.6) is 0 Å². The van der Waals surface area contributed by atoms with Crippen LogP contribution in [0.15, 0.2) is 18.2 Å². The molecule has 1 rings (SSSR count). The van der Waals surface area contributed by atoms with E-state index in [2.05, 4.69) is 10.1 Å². The highest BCUT2D eigenvalue weighted by Crippen LogP contribution is 2.11. The van der Waals surface area contributed by atoms with Gasteiger partial charge in [0.1, 0.15) is 5.82 Å². The normalized spacial score (nSPS) is 9.76. The molecule has 0 unspecified atom stereocenters. The van der Waals surface area contributed by atoms with E-state index in [1.807, 2.05) is 0 Å². The standard InChI is InChI=1S/C11H13FN2O3/c1-2-14-10(15)6-17-11(16)7-3-8(12)5-9(13)4-7/h3-5H,2,6,13H2,1H3,(H,14,15). The fourth-order valence-electron chi connectivity index (χ4n) is 1.19. The first-order chi connectivity index (χ1) is 8.02. The molecule has 0 saturated heterocycles. The molecule has 0 aliphatic rings. The van der Waals surface area contributed by atoms with Crippen LogP contribution in [0.25, 0.3) is 0 Å². The van der Waals surface area contributed by atoms with Gasteiger partial charge >= 0.3 is 5.97 Å². The van der Waals surface area contributed by atoms with Crippen LogP contribution in [0.4, 0.5) is 10.1 Å². The molecule has 0 aromatic heterocycles. The SMILES string of the molecule is CCNC(=O)COC(=O)c1cc(N)cc(F)c1. The van der Waals surface area contributed by atoms with Crippen molar-refractivity contribution in [3.8, 4) is 0 Å². The van der Waals surface area contributed by atoms with Gasteiger partial charge in [-0.3, -0.25) is 4.79 Å². The monoisotopic (exact) mass is 240 g/mol. The Labute approximate surface area is 97.7 Å². The molecule has 0 aliphatic heterocycles. The van der Waals surface area contributed by atoms with Crippen LogP contribution in [0.2, 0.25) is 0 Å². The van der Waals surface area contributed by atoms with Crippen LogP contribution < -0.4 is 11.1 Å². The van der Waals surface area contributed by atoms with Crippen LogP contribution in [-0.2, 0) is 9.53 Å². The molecule has 3 N–H and O–H groups in total. The summed E-state index contributed by atoms with van der Waals surface area (Å²) in [6.45, 7) is 1.79. The van der Waals surface area contributed by atoms with E-state index in [1.165, 1.54) is 6.07 Å². The third-order valence-electron chi connectivity index (χ3n) is 1.86. The zero-order valence-corrected chi connectivity index (χ0v) is 9.33. The van der Waals surface area contributed by atoms with Gasteiger partial charge in [-0.2, -0.15) is 0 Å². The van der Waals surface area contributed by atoms with E-state index >= 15 is 0 Å². The molecule has 0 fully saturated rings. The number of anilines is 1. The number of rotatable bonds is 4. The Balaban J connectivity index is 2.61. The van der Waals surface area contributed by atoms with E-state index < -0.39 is 24.3 Å². The summed E-state index contributed by atoms with van der Waals surface area (Å²) in [6.07, 6.45) is 0. The van der Waals surface area contributed by atoms with Crippen molar-refractivity contribution in [3.05, 3.63) is 29.6 Å². The number of nitrogens with two attached hydrogens (primary N) is 1. The average Bonchev–Trinajstić information content (AvgIpc) is 2.25. The van der Waals surface area contributed by atoms with Gasteiger partial charge in [-0.1, -0.05) is 0 Å². The summed E-state index contributed by atoms with van der Waals surface area (Å²) in [5, 5.41) is 2.46. The van der Waals surface area contributed by atoms with Crippen LogP contribution in [0, 0.1) is 5.82 Å². The molecule has 0 atom stereocenters. The maximum Gasteiger partial charge on any atom is 0.338 e. The van der Waals surface area contributed by atoms with Gasteiger partial charge in [-0.25, -0.2) is 9.18 Å². The highest BCUT2D eigenvalue weighted by molar-refractivity contribution is 5.92. The quantitative estimate of drug-likeness (QED) is 0.599. The largest absolute Gasteiger partial charge is 0.452 e. The Morgan fingerprint density at radius 3 is 2.71 bits per heavy atom. The number of amides is 1. The van der Waals surface area contributed by atoms with E-state index in [4.69, 9.17) is 5.73 Å². The first-order valence-corrected chi connectivity index (χ1v) is 5.02. The van der Waals surface area contributed by atoms with Crippen molar-refractivity contribution in [3.63, 3.8) is 0 Å². The van der Waals surface area contributed by atoms with Crippen molar-refractivity contribution in [2.24, 2.45) is 0 Å². The van der Waals surface area contributed by atoms with Crippen molar-refractivity contribution >= 4 is 17.6 Å². The molecule has 92 valence electrons. The minimum atomic E-state index is -0.789. The predicted molar refractivity (Wildman–Crippen MR) is 59.8 cm³/mol. The second-order valence-electron chi connectivity index (χ2n) is 3.30. The number of esters is 1. The lowest BCUT2D eigenvalue weighted by Gasteiger charge is -2.05. The molecule has 6 heteroatoms. The molecule has 1 amide bonds. The molecular weight excluding hydrogens is 227 g/mol. The zero-order valence-electron chi connectivity index (χ0n) is 9.33. The highest BCUT2D eigenvalue weighted by atomic mass is 19.1. The van der Waals surface area contributed by atoms with Crippen molar-refractivity contribution in [2.45, 2.75) is 6.92 Å². The molecule has 0 aliphatic carbocycles. The highest BCUT2D eigenvalue weighted by Gasteiger charge is 2.11. The van der Waals surface area contributed by atoms with Crippen molar-refractivity contribution in [2.75, 3.05) is 18.9 Å². The number of benzene rings is 1. The lowest BCUT2D eigenvalue weighted by Crippen LogP contribution is -2.28. The van der Waals surface area contributed by atoms with Gasteiger partial charge in [-0.05, 0) is 25.1 Å². The van der Waals surface area contributed by atoms with Gasteiger partial charge in [0.2, 0.25) is 0 Å². The number of nitrogens with one attached hydrogen (secondary N) is 1. The Morgan fingerprint density at radius 2 is 2.12 bits per heavy atom. The number of hydrogen-bond acceptors (Lipinski definition) is 4. The molecule has 1 aromatic rings. The second-order valence-corrected chi connectivity index (χ2v) is 3.30. The van der Waals surface area contributed by atoms with Crippen molar-refractivity contribution in [1.82, 2.24) is 5.32 Å². The Bertz CT molecular complexity index is 414. The van der Waals surface area contributed by atoms with E-state index in [0.29, 0.717) is 6.54 Å². The molecule has 17 heavy (non-hydrogen) atoms. The number of nitrogen functional groups attached to an aromatic ring is 1. The molecule has 0 bridgehead atoms. The van der Waals surface area contributed by atoms with Crippen LogP contribution in [0.1, 0.15) is 17.3 Å². The summed E-state index contributed by atoms with van der Waals surface area (Å²) in [5.41, 5.74) is 5.47. The molecule has 0 saturated carbocycles. The molecule has 5 nitrogen and oxygen atoms in total. The van der Waals surface area contributed by atoms with Gasteiger partial charge in [0, 0.05) is 12.2 Å². The fourth-order valence-corrected chi connectivity index (χ4v) is 1.19. The molecular formula is C11H13FN2O3. The maximum atomic E-state index is 12.9. The predicted octanol–water partition coefficient (Wildman–Crippen LogP) is 0.701. The van der Waals surface area contributed by atoms with Crippen LogP contribution >= 0.6 is 0 Å². The molecule has 1 aromatic carbocycles. The van der Waals surface area contributed by atoms with E-state index in [0.717, 1.165) is 12.1 Å². The summed E-state index contributed by atoms with van der Waals surface area (Å²) in [4.78, 5) is 22.5. The number of halogens is 1. The lowest BCUT2D eigenvalue weighted by atomic mass is 10.2. The molecule has 0 heterocycles. The Kier molecular flexibility index (Phi) is 4.45. The number of carbonyl (C=O) groups excluding carboxylic acids is 2. The second kappa shape index (κ2) is 5.83. The summed E-state index contributed by atoms with van der Waals surface area (Å²) in [5.74, 6) is -1.83. The van der Waals surface area contributed by atoms with E-state index in [1.54, 1.807) is 6.92 Å². The van der Waals surface area contributed by atoms with E-state index in [-0.39, 0.29) is 11.3 Å². The van der Waals surface area contributed by atoms with Crippen LogP contribution in [0.3, 0.4) is 0 Å². The Morgan fingerprint density at radius 1 is 1.41 bits per heavy atom. The minimum absolute atomic E-state index is 0.0215. The van der Waals surface area contributed by atoms with Crippen molar-refractivity contribution in [1.29, 1.82) is 0 Å². The van der Waals surface area contributed by atoms with Gasteiger partial charge in [0.05, 0.1) is 5.56 Å². The summed E-state index contributed by atoms with van der Waals surface area (Å²) in [6, 6.07) is 3.36. The summed E-state index contributed by atoms with van der Waals surface area (Å²) < 4.78 is 17.6. The smallest absolute Gasteiger partial charge is 0.338 e. The number of likely N-dealkylation sites (N-methyl/N-ethyl adjacent to an activating group) is 1. The minimum Gasteiger partial charge on any atom is -0.452 e. The van der Waals surface area contributed by atoms with Gasteiger partial charge in [0.25, 0.3) is 5.91 Å². The maximum absolute atomic E-state index is 12.9. The van der Waals surface area contributed by atoms with E-state index in [9.17, 15) is 14.0 Å². The first kappa shape index (κ1) is 13.0. The van der Waals surface area contributed by atoms with Crippen LogP contribution in [-0.4, -0.2) is 25.0 Å². The number of carbonyl (C=O) groups is 2. The van der Waals surface area contributed by atoms with Gasteiger partial charge < -0.3 is 15.8 Å².